The van der Waals surface area contributed by atoms with E-state index in [1.165, 1.54) is 28.2 Å². The van der Waals surface area contributed by atoms with Crippen LogP contribution in [0.2, 0.25) is 3.21 Å². The zero-order chi connectivity index (χ0) is 18.2. The van der Waals surface area contributed by atoms with E-state index in [-0.39, 0.29) is 39.1 Å². The normalized spacial score (nSPS) is 15.6. The first kappa shape index (κ1) is 19.7. The molecule has 0 amide bonds. The Hall–Kier alpha value is -1.05. The van der Waals surface area contributed by atoms with Crippen LogP contribution < -0.4 is 8.92 Å². The summed E-state index contributed by atoms with van der Waals surface area (Å²) in [7, 11) is 0. The number of ether oxygens (including phenoxy) is 1. The Morgan fingerprint density at radius 1 is 0.923 bits per heavy atom. The van der Waals surface area contributed by atoms with Crippen LogP contribution in [0.3, 0.4) is 0 Å². The minimum atomic E-state index is -0.348. The SMILES string of the molecule is CCOC(=O)C([Se]c1ccccc1)([Se]c1ccccc1)C1CCCCC1. The van der Waals surface area contributed by atoms with E-state index in [1.54, 1.807) is 0 Å². The predicted octanol–water partition coefficient (Wildman–Crippen LogP) is 3.31. The van der Waals surface area contributed by atoms with E-state index < -0.39 is 0 Å². The first-order valence-corrected chi connectivity index (χ1v) is 12.8. The quantitative estimate of drug-likeness (QED) is 0.449. The molecule has 1 aliphatic rings. The Bertz CT molecular complexity index is 640. The van der Waals surface area contributed by atoms with E-state index in [2.05, 4.69) is 60.7 Å². The van der Waals surface area contributed by atoms with Crippen molar-refractivity contribution in [3.05, 3.63) is 60.7 Å². The van der Waals surface area contributed by atoms with Gasteiger partial charge in [0.15, 0.2) is 0 Å². The molecule has 2 aromatic carbocycles. The number of carbonyl (C=O) groups is 1. The Kier molecular flexibility index (Phi) is 7.40. The van der Waals surface area contributed by atoms with Gasteiger partial charge in [0.05, 0.1) is 0 Å². The van der Waals surface area contributed by atoms with Crippen LogP contribution in [0.4, 0.5) is 0 Å². The molecule has 0 N–H and O–H groups in total. The first-order chi connectivity index (χ1) is 12.7. The molecule has 0 bridgehead atoms. The molecule has 3 rings (SSSR count). The molecule has 0 radical (unpaired) electrons. The number of hydrogen-bond donors (Lipinski definition) is 0. The predicted molar refractivity (Wildman–Crippen MR) is 110 cm³/mol. The summed E-state index contributed by atoms with van der Waals surface area (Å²) in [5, 5.41) is 0. The van der Waals surface area contributed by atoms with Crippen molar-refractivity contribution in [1.82, 2.24) is 0 Å². The van der Waals surface area contributed by atoms with Gasteiger partial charge in [0, 0.05) is 0 Å². The molecule has 0 saturated heterocycles. The van der Waals surface area contributed by atoms with Crippen molar-refractivity contribution in [1.29, 1.82) is 0 Å². The topological polar surface area (TPSA) is 26.3 Å². The second kappa shape index (κ2) is 9.76. The van der Waals surface area contributed by atoms with Crippen LogP contribution in [0.5, 0.6) is 0 Å². The van der Waals surface area contributed by atoms with Gasteiger partial charge in [0.25, 0.3) is 0 Å². The molecule has 1 aliphatic carbocycles. The second-order valence-corrected chi connectivity index (χ2v) is 13.4. The molecule has 26 heavy (non-hydrogen) atoms. The summed E-state index contributed by atoms with van der Waals surface area (Å²) in [6.07, 6.45) is 6.08. The van der Waals surface area contributed by atoms with Crippen molar-refractivity contribution in [2.24, 2.45) is 5.92 Å². The van der Waals surface area contributed by atoms with Crippen LogP contribution in [0.1, 0.15) is 39.0 Å². The van der Waals surface area contributed by atoms with Gasteiger partial charge in [0.2, 0.25) is 0 Å². The van der Waals surface area contributed by atoms with Gasteiger partial charge >= 0.3 is 170 Å². The third-order valence-electron chi connectivity index (χ3n) is 4.73. The van der Waals surface area contributed by atoms with Crippen LogP contribution in [-0.2, 0) is 9.53 Å². The van der Waals surface area contributed by atoms with E-state index in [4.69, 9.17) is 4.74 Å². The number of benzene rings is 2. The molecule has 0 spiro atoms. The van der Waals surface area contributed by atoms with Crippen molar-refractivity contribution in [3.8, 4) is 0 Å². The Morgan fingerprint density at radius 3 is 1.88 bits per heavy atom. The van der Waals surface area contributed by atoms with Crippen LogP contribution in [-0.4, -0.2) is 42.5 Å². The molecular weight excluding hydrogens is 454 g/mol. The fourth-order valence-electron chi connectivity index (χ4n) is 3.48. The molecule has 0 aliphatic heterocycles. The van der Waals surface area contributed by atoms with E-state index in [0.717, 1.165) is 12.8 Å². The molecule has 138 valence electrons. The van der Waals surface area contributed by atoms with Crippen molar-refractivity contribution >= 4 is 44.8 Å². The monoisotopic (exact) mass is 482 g/mol. The molecule has 0 aromatic heterocycles. The van der Waals surface area contributed by atoms with Gasteiger partial charge in [-0.3, -0.25) is 0 Å². The number of carbonyl (C=O) groups excluding carboxylic acids is 1. The fourth-order valence-corrected chi connectivity index (χ4v) is 11.1. The van der Waals surface area contributed by atoms with Crippen molar-refractivity contribution < 1.29 is 9.53 Å². The average molecular weight is 480 g/mol. The first-order valence-electron chi connectivity index (χ1n) is 9.40. The summed E-state index contributed by atoms with van der Waals surface area (Å²) < 4.78 is 7.95. The standard InChI is InChI=1S/C22H26O2Se2/c1-2-24-21(23)22(18-12-6-3-7-13-18,25-19-14-8-4-9-15-19)26-20-16-10-5-11-17-20/h4-5,8-11,14-18H,2-3,6-7,12-13H2,1H3. The summed E-state index contributed by atoms with van der Waals surface area (Å²) in [6.45, 7) is 2.39. The maximum absolute atomic E-state index is 13.4. The van der Waals surface area contributed by atoms with Crippen molar-refractivity contribution in [2.75, 3.05) is 6.61 Å². The van der Waals surface area contributed by atoms with Gasteiger partial charge < -0.3 is 0 Å². The van der Waals surface area contributed by atoms with Crippen LogP contribution >= 0.6 is 0 Å². The zero-order valence-electron chi connectivity index (χ0n) is 15.2. The third kappa shape index (κ3) is 4.81. The second-order valence-electron chi connectivity index (χ2n) is 6.55. The summed E-state index contributed by atoms with van der Waals surface area (Å²) in [6, 6.07) is 21.2. The van der Waals surface area contributed by atoms with Crippen LogP contribution in [0.15, 0.2) is 60.7 Å². The molecule has 0 atom stereocenters. The van der Waals surface area contributed by atoms with E-state index in [1.807, 2.05) is 6.92 Å². The van der Waals surface area contributed by atoms with Gasteiger partial charge in [0.1, 0.15) is 0 Å². The Labute approximate surface area is 169 Å². The molecular formula is C22H26O2Se2. The molecule has 0 heterocycles. The van der Waals surface area contributed by atoms with Crippen molar-refractivity contribution in [2.45, 2.75) is 42.2 Å². The summed E-state index contributed by atoms with van der Waals surface area (Å²) in [4.78, 5) is 13.4. The Morgan fingerprint density at radius 2 is 1.42 bits per heavy atom. The summed E-state index contributed by atoms with van der Waals surface area (Å²) in [5.74, 6) is 0.482. The Balaban J connectivity index is 2.00. The van der Waals surface area contributed by atoms with Crippen molar-refractivity contribution in [3.63, 3.8) is 0 Å². The van der Waals surface area contributed by atoms with Gasteiger partial charge in [-0.05, 0) is 0 Å². The third-order valence-corrected chi connectivity index (χ3v) is 12.0. The molecule has 1 fully saturated rings. The van der Waals surface area contributed by atoms with E-state index >= 15 is 0 Å². The minimum absolute atomic E-state index is 0.0413. The van der Waals surface area contributed by atoms with Gasteiger partial charge in [-0.25, -0.2) is 0 Å². The van der Waals surface area contributed by atoms with Gasteiger partial charge in [-0.1, -0.05) is 0 Å². The summed E-state index contributed by atoms with van der Waals surface area (Å²) in [5.41, 5.74) is 0. The molecule has 0 unspecified atom stereocenters. The molecule has 1 saturated carbocycles. The number of hydrogen-bond acceptors (Lipinski definition) is 2. The van der Waals surface area contributed by atoms with E-state index in [0.29, 0.717) is 12.5 Å². The van der Waals surface area contributed by atoms with Crippen LogP contribution in [0.25, 0.3) is 0 Å². The molecule has 2 aromatic rings. The van der Waals surface area contributed by atoms with Gasteiger partial charge in [-0.2, -0.15) is 0 Å². The zero-order valence-corrected chi connectivity index (χ0v) is 18.7. The molecule has 4 heteroatoms. The number of esters is 1. The van der Waals surface area contributed by atoms with E-state index in [9.17, 15) is 4.79 Å². The van der Waals surface area contributed by atoms with Gasteiger partial charge in [-0.15, -0.1) is 0 Å². The summed E-state index contributed by atoms with van der Waals surface area (Å²) >= 11 is 0.136. The van der Waals surface area contributed by atoms with Crippen LogP contribution in [0, 0.1) is 5.92 Å². The average Bonchev–Trinajstić information content (AvgIpc) is 2.70. The molecule has 2 nitrogen and oxygen atoms in total. The maximum atomic E-state index is 13.4. The number of rotatable bonds is 7. The fraction of sp³-hybridized carbons (Fsp3) is 0.409.